The lowest BCUT2D eigenvalue weighted by Crippen LogP contribution is -2.46. The molecule has 1 aliphatic rings. The van der Waals surface area contributed by atoms with Crippen molar-refractivity contribution in [2.75, 3.05) is 13.1 Å². The minimum absolute atomic E-state index is 0.131. The molecule has 0 saturated carbocycles. The number of carbonyl (C=O) groups excluding carboxylic acids is 1. The highest BCUT2D eigenvalue weighted by Gasteiger charge is 2.45. The van der Waals surface area contributed by atoms with Gasteiger partial charge in [0.2, 0.25) is 5.91 Å². The van der Waals surface area contributed by atoms with Gasteiger partial charge in [-0.2, -0.15) is 0 Å². The Labute approximate surface area is 183 Å². The SMILES string of the molecule is CC(C)NC(=O)C1(Cc2ccccc2-c2cccs2)CCN(Cc2ccccn2)C1. The number of pyridine rings is 1. The van der Waals surface area contributed by atoms with E-state index in [0.717, 1.165) is 38.2 Å². The summed E-state index contributed by atoms with van der Waals surface area (Å²) in [7, 11) is 0. The van der Waals surface area contributed by atoms with Gasteiger partial charge >= 0.3 is 0 Å². The summed E-state index contributed by atoms with van der Waals surface area (Å²) in [6, 6.07) is 18.9. The van der Waals surface area contributed by atoms with Gasteiger partial charge in [0, 0.05) is 30.2 Å². The monoisotopic (exact) mass is 419 g/mol. The van der Waals surface area contributed by atoms with Crippen LogP contribution < -0.4 is 5.32 Å². The maximum absolute atomic E-state index is 13.4. The molecule has 0 spiro atoms. The number of thiophene rings is 1. The molecule has 1 saturated heterocycles. The van der Waals surface area contributed by atoms with E-state index in [1.807, 2.05) is 32.2 Å². The van der Waals surface area contributed by atoms with Crippen LogP contribution in [0.5, 0.6) is 0 Å². The van der Waals surface area contributed by atoms with E-state index in [1.54, 1.807) is 11.3 Å². The Hall–Kier alpha value is -2.50. The number of amides is 1. The molecule has 1 amide bonds. The molecule has 0 radical (unpaired) electrons. The van der Waals surface area contributed by atoms with E-state index in [2.05, 4.69) is 63.0 Å². The number of benzene rings is 1. The largest absolute Gasteiger partial charge is 0.353 e. The Morgan fingerprint density at radius 2 is 2.00 bits per heavy atom. The fourth-order valence-electron chi connectivity index (χ4n) is 4.35. The Morgan fingerprint density at radius 1 is 1.17 bits per heavy atom. The number of nitrogens with zero attached hydrogens (tertiary/aromatic N) is 2. The molecular formula is C25H29N3OS. The summed E-state index contributed by atoms with van der Waals surface area (Å²) in [5.41, 5.74) is 3.12. The smallest absolute Gasteiger partial charge is 0.228 e. The second-order valence-electron chi connectivity index (χ2n) is 8.50. The first-order valence-electron chi connectivity index (χ1n) is 10.6. The first kappa shape index (κ1) is 20.8. The minimum atomic E-state index is -0.424. The van der Waals surface area contributed by atoms with E-state index >= 15 is 0 Å². The highest BCUT2D eigenvalue weighted by molar-refractivity contribution is 7.13. The molecule has 1 N–H and O–H groups in total. The van der Waals surface area contributed by atoms with Gasteiger partial charge in [0.15, 0.2) is 0 Å². The molecule has 5 heteroatoms. The molecule has 30 heavy (non-hydrogen) atoms. The lowest BCUT2D eigenvalue weighted by Gasteiger charge is -2.30. The Morgan fingerprint density at radius 3 is 2.73 bits per heavy atom. The highest BCUT2D eigenvalue weighted by atomic mass is 32.1. The summed E-state index contributed by atoms with van der Waals surface area (Å²) in [4.78, 5) is 21.5. The zero-order valence-corrected chi connectivity index (χ0v) is 18.5. The first-order valence-corrected chi connectivity index (χ1v) is 11.5. The molecule has 3 heterocycles. The van der Waals surface area contributed by atoms with Gasteiger partial charge in [0.25, 0.3) is 0 Å². The minimum Gasteiger partial charge on any atom is -0.353 e. The number of likely N-dealkylation sites (tertiary alicyclic amines) is 1. The van der Waals surface area contributed by atoms with Gasteiger partial charge < -0.3 is 5.32 Å². The van der Waals surface area contributed by atoms with Gasteiger partial charge in [-0.25, -0.2) is 0 Å². The average molecular weight is 420 g/mol. The van der Waals surface area contributed by atoms with E-state index in [0.29, 0.717) is 0 Å². The molecule has 4 rings (SSSR count). The molecule has 156 valence electrons. The first-order chi connectivity index (χ1) is 14.6. The number of nitrogens with one attached hydrogen (secondary N) is 1. The molecule has 3 aromatic rings. The summed E-state index contributed by atoms with van der Waals surface area (Å²) in [6.07, 6.45) is 3.44. The summed E-state index contributed by atoms with van der Waals surface area (Å²) in [6.45, 7) is 6.51. The van der Waals surface area contributed by atoms with E-state index < -0.39 is 5.41 Å². The highest BCUT2D eigenvalue weighted by Crippen LogP contribution is 2.39. The second kappa shape index (κ2) is 9.11. The van der Waals surface area contributed by atoms with Crippen LogP contribution in [-0.4, -0.2) is 34.9 Å². The maximum Gasteiger partial charge on any atom is 0.228 e. The van der Waals surface area contributed by atoms with Crippen molar-refractivity contribution in [3.63, 3.8) is 0 Å². The molecular weight excluding hydrogens is 390 g/mol. The molecule has 0 bridgehead atoms. The molecule has 4 nitrogen and oxygen atoms in total. The van der Waals surface area contributed by atoms with Gasteiger partial charge in [-0.1, -0.05) is 36.4 Å². The summed E-state index contributed by atoms with van der Waals surface area (Å²) in [5.74, 6) is 0.169. The third-order valence-electron chi connectivity index (χ3n) is 5.78. The van der Waals surface area contributed by atoms with Gasteiger partial charge in [-0.05, 0) is 67.9 Å². The van der Waals surface area contributed by atoms with Crippen LogP contribution in [0.1, 0.15) is 31.5 Å². The summed E-state index contributed by atoms with van der Waals surface area (Å²) < 4.78 is 0. The lowest BCUT2D eigenvalue weighted by atomic mass is 9.78. The van der Waals surface area contributed by atoms with Gasteiger partial charge in [0.1, 0.15) is 0 Å². The Bertz CT molecular complexity index is 971. The van der Waals surface area contributed by atoms with Crippen LogP contribution in [0.4, 0.5) is 0 Å². The predicted molar refractivity (Wildman–Crippen MR) is 123 cm³/mol. The van der Waals surface area contributed by atoms with Crippen LogP contribution in [0, 0.1) is 5.41 Å². The van der Waals surface area contributed by atoms with Gasteiger partial charge in [0.05, 0.1) is 11.1 Å². The molecule has 2 aromatic heterocycles. The van der Waals surface area contributed by atoms with Crippen molar-refractivity contribution in [2.45, 2.75) is 39.3 Å². The van der Waals surface area contributed by atoms with Crippen molar-refractivity contribution in [1.29, 1.82) is 0 Å². The molecule has 0 aliphatic carbocycles. The molecule has 1 atom stereocenters. The number of aromatic nitrogens is 1. The predicted octanol–water partition coefficient (Wildman–Crippen LogP) is 4.77. The quantitative estimate of drug-likeness (QED) is 0.600. The van der Waals surface area contributed by atoms with Crippen LogP contribution in [-0.2, 0) is 17.8 Å². The number of hydrogen-bond donors (Lipinski definition) is 1. The van der Waals surface area contributed by atoms with Crippen molar-refractivity contribution in [1.82, 2.24) is 15.2 Å². The third-order valence-corrected chi connectivity index (χ3v) is 6.68. The third kappa shape index (κ3) is 4.63. The van der Waals surface area contributed by atoms with E-state index in [1.165, 1.54) is 16.0 Å². The van der Waals surface area contributed by atoms with Crippen LogP contribution >= 0.6 is 11.3 Å². The van der Waals surface area contributed by atoms with E-state index in [4.69, 9.17) is 0 Å². The average Bonchev–Trinajstić information content (AvgIpc) is 3.40. The topological polar surface area (TPSA) is 45.2 Å². The van der Waals surface area contributed by atoms with E-state index in [-0.39, 0.29) is 11.9 Å². The number of rotatable bonds is 7. The van der Waals surface area contributed by atoms with Crippen LogP contribution in [0.2, 0.25) is 0 Å². The second-order valence-corrected chi connectivity index (χ2v) is 9.45. The van der Waals surface area contributed by atoms with Crippen molar-refractivity contribution in [2.24, 2.45) is 5.41 Å². The molecule has 1 aromatic carbocycles. The fourth-order valence-corrected chi connectivity index (χ4v) is 5.14. The van der Waals surface area contributed by atoms with Crippen LogP contribution in [0.3, 0.4) is 0 Å². The summed E-state index contributed by atoms with van der Waals surface area (Å²) >= 11 is 1.75. The zero-order chi connectivity index (χ0) is 21.0. The number of carbonyl (C=O) groups is 1. The molecule has 1 fully saturated rings. The molecule has 1 aliphatic heterocycles. The van der Waals surface area contributed by atoms with Crippen molar-refractivity contribution < 1.29 is 4.79 Å². The normalized spacial score (nSPS) is 19.3. The van der Waals surface area contributed by atoms with E-state index in [9.17, 15) is 4.79 Å². The van der Waals surface area contributed by atoms with Crippen molar-refractivity contribution in [3.8, 4) is 10.4 Å². The number of hydrogen-bond acceptors (Lipinski definition) is 4. The Kier molecular flexibility index (Phi) is 6.30. The standard InChI is InChI=1S/C25H29N3OS/c1-19(2)27-24(29)25(12-14-28(18-25)17-21-9-5-6-13-26-21)16-20-8-3-4-10-22(20)23-11-7-15-30-23/h3-11,13,15,19H,12,14,16-18H2,1-2H3,(H,27,29). The fraction of sp³-hybridized carbons (Fsp3) is 0.360. The lowest BCUT2D eigenvalue weighted by molar-refractivity contribution is -0.131. The van der Waals surface area contributed by atoms with Crippen molar-refractivity contribution >= 4 is 17.2 Å². The van der Waals surface area contributed by atoms with Crippen LogP contribution in [0.15, 0.2) is 66.2 Å². The van der Waals surface area contributed by atoms with Gasteiger partial charge in [-0.3, -0.25) is 14.7 Å². The summed E-state index contributed by atoms with van der Waals surface area (Å²) in [5, 5.41) is 5.31. The van der Waals surface area contributed by atoms with Gasteiger partial charge in [-0.15, -0.1) is 11.3 Å². The van der Waals surface area contributed by atoms with Crippen molar-refractivity contribution in [3.05, 3.63) is 77.4 Å². The Balaban J connectivity index is 1.61. The van der Waals surface area contributed by atoms with Crippen LogP contribution in [0.25, 0.3) is 10.4 Å². The maximum atomic E-state index is 13.4. The zero-order valence-electron chi connectivity index (χ0n) is 17.7. The molecule has 1 unspecified atom stereocenters.